The van der Waals surface area contributed by atoms with E-state index >= 15 is 0 Å². The maximum absolute atomic E-state index is 13.0. The number of nitroso groups, excluding NO2 is 1. The third-order valence-electron chi connectivity index (χ3n) is 5.77. The molecule has 0 bridgehead atoms. The molecule has 15 nitrogen and oxygen atoms in total. The van der Waals surface area contributed by atoms with E-state index in [1.165, 1.54) is 23.5 Å². The third kappa shape index (κ3) is 6.97. The Kier molecular flexibility index (Phi) is 10.2. The monoisotopic (exact) mass is 639 g/mol. The number of nitrogens with one attached hydrogen (secondary N) is 2. The van der Waals surface area contributed by atoms with Crippen molar-refractivity contribution in [3.63, 3.8) is 0 Å². The lowest BCUT2D eigenvalue weighted by Gasteiger charge is -2.49. The fourth-order valence-corrected chi connectivity index (χ4v) is 7.74. The number of nitrogen functional groups attached to an aromatic ring is 1. The topological polar surface area (TPSA) is 236 Å². The summed E-state index contributed by atoms with van der Waals surface area (Å²) in [4.78, 5) is 71.5. The number of pyridine rings is 1. The quantitative estimate of drug-likeness (QED) is 0.114. The number of β-lactam (4-membered cyclic amide) rings is 1. The number of aromatic nitrogens is 3. The molecule has 7 N–H and O–H groups in total. The second-order valence-electron chi connectivity index (χ2n) is 8.65. The van der Waals surface area contributed by atoms with Crippen LogP contribution < -0.4 is 22.1 Å². The van der Waals surface area contributed by atoms with Gasteiger partial charge in [-0.1, -0.05) is 11.8 Å². The summed E-state index contributed by atoms with van der Waals surface area (Å²) in [6, 6.07) is 0.325. The van der Waals surface area contributed by atoms with Gasteiger partial charge in [-0.3, -0.25) is 24.3 Å². The molecule has 2 aliphatic heterocycles. The zero-order chi connectivity index (χ0) is 29.7. The minimum atomic E-state index is -1.60. The summed E-state index contributed by atoms with van der Waals surface area (Å²) in [7, 11) is 0. The second kappa shape index (κ2) is 13.6. The van der Waals surface area contributed by atoms with Gasteiger partial charge in [-0.15, -0.1) is 16.7 Å². The summed E-state index contributed by atoms with van der Waals surface area (Å²) in [6.45, 7) is 2.05. The first-order chi connectivity index (χ1) is 19.6. The van der Waals surface area contributed by atoms with Gasteiger partial charge in [0.1, 0.15) is 17.1 Å². The minimum absolute atomic E-state index is 0.0532. The number of amides is 3. The van der Waals surface area contributed by atoms with E-state index in [0.29, 0.717) is 23.0 Å². The van der Waals surface area contributed by atoms with Crippen LogP contribution in [0.25, 0.3) is 0 Å². The number of hydrogen-bond acceptors (Lipinski definition) is 15. The second-order valence-corrected chi connectivity index (χ2v) is 12.8. The van der Waals surface area contributed by atoms with Crippen molar-refractivity contribution in [3.05, 3.63) is 45.4 Å². The number of nitrogens with two attached hydrogens (primary N) is 2. The fourth-order valence-electron chi connectivity index (χ4n) is 3.81. The molecule has 3 amide bonds. The molecule has 0 aliphatic carbocycles. The molecule has 2 aliphatic rings. The predicted molar refractivity (Wildman–Crippen MR) is 155 cm³/mol. The molecule has 1 saturated heterocycles. The summed E-state index contributed by atoms with van der Waals surface area (Å²) in [5.74, 6) is -1.79. The highest BCUT2D eigenvalue weighted by Gasteiger charge is 2.55. The Morgan fingerprint density at radius 3 is 2.78 bits per heavy atom. The smallest absolute Gasteiger partial charge is 0.353 e. The summed E-state index contributed by atoms with van der Waals surface area (Å²) in [6.07, 6.45) is 1.64. The van der Waals surface area contributed by atoms with Crippen LogP contribution in [-0.2, 0) is 24.9 Å². The summed E-state index contributed by atoms with van der Waals surface area (Å²) >= 11 is 4.84. The zero-order valence-corrected chi connectivity index (χ0v) is 24.6. The molecular weight excluding hydrogens is 615 g/mol. The van der Waals surface area contributed by atoms with Gasteiger partial charge in [0.15, 0.2) is 11.0 Å². The van der Waals surface area contributed by atoms with Crippen molar-refractivity contribution in [2.45, 2.75) is 41.1 Å². The molecule has 2 aromatic heterocycles. The maximum atomic E-state index is 13.0. The molecule has 0 radical (unpaired) electrons. The molecule has 4 atom stereocenters. The Balaban J connectivity index is 1.42. The maximum Gasteiger partial charge on any atom is 0.353 e. The van der Waals surface area contributed by atoms with Crippen LogP contribution in [0.3, 0.4) is 0 Å². The van der Waals surface area contributed by atoms with Gasteiger partial charge in [-0.25, -0.2) is 9.78 Å². The van der Waals surface area contributed by atoms with Crippen LogP contribution in [0.5, 0.6) is 0 Å². The lowest BCUT2D eigenvalue weighted by atomic mass is 10.0. The summed E-state index contributed by atoms with van der Waals surface area (Å²) < 4.78 is 3.83. The molecule has 0 aromatic carbocycles. The van der Waals surface area contributed by atoms with E-state index in [1.807, 2.05) is 6.07 Å². The van der Waals surface area contributed by atoms with Crippen molar-refractivity contribution in [1.82, 2.24) is 29.9 Å². The fraction of sp³-hybridized carbons (Fsp3) is 0.409. The average Bonchev–Trinajstić information content (AvgIpc) is 3.37. The SMILES string of the molecule is C[C@H](N)C(=O)NCCSCc1ncccc1SC1=C(C(=O)O)N2C(=O)C(NC(=O)C(N=O)c3nsc(N)n3)C2SC1. The standard InChI is InChI=1S/C22H25N9O6S4/c1-9(23)17(32)26-5-6-38-7-10-11(3-2-4-25-10)40-12-8-39-20-14(19(34)31(20)15(12)21(35)36)27-18(33)13(29-37)16-28-22(24)41-30-16/h2-4,9,13-14,20H,5-8,23H2,1H3,(H,26,32)(H,27,33)(H,35,36)(H2,24,28,30)/t9-,13?,14?,20?/m0/s1. The minimum Gasteiger partial charge on any atom is -0.477 e. The van der Waals surface area contributed by atoms with Gasteiger partial charge in [-0.2, -0.15) is 16.1 Å². The van der Waals surface area contributed by atoms with E-state index in [9.17, 15) is 29.2 Å². The van der Waals surface area contributed by atoms with Crippen molar-refractivity contribution >= 4 is 75.6 Å². The van der Waals surface area contributed by atoms with Crippen LogP contribution in [0.4, 0.5) is 5.13 Å². The first kappa shape index (κ1) is 30.7. The van der Waals surface area contributed by atoms with Gasteiger partial charge in [0.05, 0.1) is 11.7 Å². The van der Waals surface area contributed by atoms with Gasteiger partial charge in [-0.05, 0) is 24.2 Å². The number of thioether (sulfide) groups is 3. The van der Waals surface area contributed by atoms with Crippen molar-refractivity contribution in [2.75, 3.05) is 23.8 Å². The Labute approximate surface area is 250 Å². The molecule has 4 rings (SSSR count). The predicted octanol–water partition coefficient (Wildman–Crippen LogP) is 0.508. The molecule has 0 spiro atoms. The van der Waals surface area contributed by atoms with Crippen LogP contribution in [-0.4, -0.2) is 83.5 Å². The van der Waals surface area contributed by atoms with Crippen LogP contribution in [0.15, 0.2) is 39.0 Å². The van der Waals surface area contributed by atoms with E-state index in [2.05, 4.69) is 30.2 Å². The molecule has 218 valence electrons. The molecule has 3 unspecified atom stereocenters. The van der Waals surface area contributed by atoms with Crippen molar-refractivity contribution in [2.24, 2.45) is 10.9 Å². The normalized spacial score (nSPS) is 19.6. The van der Waals surface area contributed by atoms with Crippen LogP contribution in [0, 0.1) is 4.91 Å². The largest absolute Gasteiger partial charge is 0.477 e. The highest BCUT2D eigenvalue weighted by Crippen LogP contribution is 2.45. The third-order valence-corrected chi connectivity index (χ3v) is 9.93. The Bertz CT molecular complexity index is 1390. The molecular formula is C22H25N9O6S4. The van der Waals surface area contributed by atoms with Gasteiger partial charge in [0, 0.05) is 51.3 Å². The first-order valence-electron chi connectivity index (χ1n) is 12.0. The van der Waals surface area contributed by atoms with E-state index in [1.54, 1.807) is 30.9 Å². The zero-order valence-electron chi connectivity index (χ0n) is 21.4. The number of rotatable bonds is 13. The number of anilines is 1. The molecule has 4 heterocycles. The summed E-state index contributed by atoms with van der Waals surface area (Å²) in [5.41, 5.74) is 11.6. The number of carbonyl (C=O) groups is 4. The number of aliphatic carboxylic acids is 1. The Morgan fingerprint density at radius 1 is 1.34 bits per heavy atom. The highest BCUT2D eigenvalue weighted by atomic mass is 32.2. The van der Waals surface area contributed by atoms with Crippen LogP contribution in [0.2, 0.25) is 0 Å². The molecule has 2 aromatic rings. The van der Waals surface area contributed by atoms with Crippen molar-refractivity contribution < 1.29 is 24.3 Å². The summed E-state index contributed by atoms with van der Waals surface area (Å²) in [5, 5.41) is 17.4. The van der Waals surface area contributed by atoms with Crippen molar-refractivity contribution in [1.29, 1.82) is 0 Å². The first-order valence-corrected chi connectivity index (χ1v) is 15.8. The number of fused-ring (bicyclic) bond motifs is 1. The Hall–Kier alpha value is -3.26. The molecule has 41 heavy (non-hydrogen) atoms. The number of hydrogen-bond donors (Lipinski definition) is 5. The van der Waals surface area contributed by atoms with Crippen LogP contribution >= 0.6 is 46.8 Å². The van der Waals surface area contributed by atoms with Gasteiger partial charge in [0.25, 0.3) is 11.8 Å². The molecule has 1 fully saturated rings. The van der Waals surface area contributed by atoms with Gasteiger partial charge in [0.2, 0.25) is 11.9 Å². The average molecular weight is 640 g/mol. The lowest BCUT2D eigenvalue weighted by Crippen LogP contribution is -2.70. The number of carbonyl (C=O) groups excluding carboxylic acids is 3. The molecule has 19 heteroatoms. The van der Waals surface area contributed by atoms with E-state index in [4.69, 9.17) is 11.5 Å². The number of nitrogens with zero attached hydrogens (tertiary/aromatic N) is 5. The van der Waals surface area contributed by atoms with E-state index in [-0.39, 0.29) is 28.3 Å². The molecule has 0 saturated carbocycles. The van der Waals surface area contributed by atoms with E-state index < -0.39 is 41.3 Å². The van der Waals surface area contributed by atoms with Gasteiger partial charge < -0.3 is 27.2 Å². The Morgan fingerprint density at radius 2 is 2.12 bits per heavy atom. The van der Waals surface area contributed by atoms with Crippen LogP contribution in [0.1, 0.15) is 24.5 Å². The number of carboxylic acid groups (broad SMARTS) is 1. The van der Waals surface area contributed by atoms with Gasteiger partial charge >= 0.3 is 5.97 Å². The van der Waals surface area contributed by atoms with Crippen molar-refractivity contribution in [3.8, 4) is 0 Å². The number of carboxylic acids is 1. The highest BCUT2D eigenvalue weighted by molar-refractivity contribution is 8.06. The van der Waals surface area contributed by atoms with E-state index in [0.717, 1.165) is 27.0 Å². The lowest BCUT2D eigenvalue weighted by molar-refractivity contribution is -0.150.